The van der Waals surface area contributed by atoms with Crippen LogP contribution in [0.25, 0.3) is 0 Å². The Morgan fingerprint density at radius 1 is 1.24 bits per heavy atom. The van der Waals surface area contributed by atoms with Gasteiger partial charge < -0.3 is 14.1 Å². The average Bonchev–Trinajstić information content (AvgIpc) is 3.29. The van der Waals surface area contributed by atoms with Crippen LogP contribution in [-0.2, 0) is 9.53 Å². The van der Waals surface area contributed by atoms with E-state index in [-0.39, 0.29) is 23.8 Å². The molecule has 0 bridgehead atoms. The van der Waals surface area contributed by atoms with Crippen LogP contribution in [0.2, 0.25) is 0 Å². The molecule has 1 aliphatic heterocycles. The first-order valence-corrected chi connectivity index (χ1v) is 8.91. The summed E-state index contributed by atoms with van der Waals surface area (Å²) >= 11 is 0. The number of morpholine rings is 1. The van der Waals surface area contributed by atoms with E-state index in [2.05, 4.69) is 22.3 Å². The molecule has 1 aliphatic carbocycles. The maximum Gasteiger partial charge on any atom is 0.241 e. The lowest BCUT2D eigenvalue weighted by atomic mass is 10.1. The molecule has 132 valence electrons. The molecule has 2 aliphatic rings. The zero-order valence-electron chi connectivity index (χ0n) is 14.6. The topological polar surface area (TPSA) is 68.5 Å². The molecular weight excluding hydrogens is 318 g/mol. The van der Waals surface area contributed by atoms with Crippen molar-refractivity contribution >= 4 is 5.91 Å². The first-order chi connectivity index (χ1) is 12.1. The average molecular weight is 341 g/mol. The summed E-state index contributed by atoms with van der Waals surface area (Å²) in [7, 11) is 0. The largest absolute Gasteiger partial charge is 0.423 e. The van der Waals surface area contributed by atoms with E-state index in [1.54, 1.807) is 0 Å². The van der Waals surface area contributed by atoms with E-state index >= 15 is 0 Å². The fourth-order valence-corrected chi connectivity index (χ4v) is 3.44. The van der Waals surface area contributed by atoms with Crippen LogP contribution < -0.4 is 0 Å². The van der Waals surface area contributed by atoms with Crippen LogP contribution >= 0.6 is 0 Å². The zero-order chi connectivity index (χ0) is 17.4. The predicted molar refractivity (Wildman–Crippen MR) is 91.0 cm³/mol. The molecule has 4 rings (SSSR count). The molecule has 0 radical (unpaired) electrons. The molecule has 2 heterocycles. The molecule has 1 aromatic carbocycles. The second-order valence-corrected chi connectivity index (χ2v) is 7.11. The Morgan fingerprint density at radius 3 is 2.76 bits per heavy atom. The number of carbonyl (C=O) groups is 1. The summed E-state index contributed by atoms with van der Waals surface area (Å²) in [6.45, 7) is 5.55. The van der Waals surface area contributed by atoms with Gasteiger partial charge in [0.2, 0.25) is 17.7 Å². The molecule has 25 heavy (non-hydrogen) atoms. The fourth-order valence-electron chi connectivity index (χ4n) is 3.44. The van der Waals surface area contributed by atoms with E-state index in [1.165, 1.54) is 5.56 Å². The predicted octanol–water partition coefficient (Wildman–Crippen LogP) is 2.90. The van der Waals surface area contributed by atoms with E-state index in [0.29, 0.717) is 37.5 Å². The van der Waals surface area contributed by atoms with Gasteiger partial charge >= 0.3 is 0 Å². The normalized spacial score (nSPS) is 26.0. The Hall–Kier alpha value is -2.21. The molecule has 6 nitrogen and oxygen atoms in total. The van der Waals surface area contributed by atoms with Gasteiger partial charge in [-0.3, -0.25) is 4.79 Å². The van der Waals surface area contributed by atoms with Crippen molar-refractivity contribution < 1.29 is 13.9 Å². The maximum atomic E-state index is 13.0. The molecule has 2 fully saturated rings. The minimum Gasteiger partial charge on any atom is -0.423 e. The van der Waals surface area contributed by atoms with Crippen molar-refractivity contribution in [3.63, 3.8) is 0 Å². The number of carbonyl (C=O) groups excluding carboxylic acids is 1. The van der Waals surface area contributed by atoms with Gasteiger partial charge in [0.25, 0.3) is 0 Å². The summed E-state index contributed by atoms with van der Waals surface area (Å²) in [6, 6.07) is 9.97. The number of benzene rings is 1. The monoisotopic (exact) mass is 341 g/mol. The SMILES string of the molecule is CC(C)c1nnc([C@@H]2COCCN2C(=O)[C@H]2C[C@H]2c2ccccc2)o1. The molecule has 0 N–H and O–H groups in total. The van der Waals surface area contributed by atoms with Gasteiger partial charge in [0.15, 0.2) is 0 Å². The van der Waals surface area contributed by atoms with E-state index in [4.69, 9.17) is 9.15 Å². The second-order valence-electron chi connectivity index (χ2n) is 7.11. The molecule has 1 aromatic heterocycles. The van der Waals surface area contributed by atoms with Gasteiger partial charge in [0.05, 0.1) is 13.2 Å². The summed E-state index contributed by atoms with van der Waals surface area (Å²) in [5.74, 6) is 1.80. The highest BCUT2D eigenvalue weighted by Gasteiger charge is 2.48. The maximum absolute atomic E-state index is 13.0. The third kappa shape index (κ3) is 3.18. The van der Waals surface area contributed by atoms with Gasteiger partial charge in [-0.25, -0.2) is 0 Å². The highest BCUT2D eigenvalue weighted by atomic mass is 16.5. The summed E-state index contributed by atoms with van der Waals surface area (Å²) < 4.78 is 11.4. The zero-order valence-corrected chi connectivity index (χ0v) is 14.6. The van der Waals surface area contributed by atoms with Gasteiger partial charge in [-0.2, -0.15) is 0 Å². The van der Waals surface area contributed by atoms with Gasteiger partial charge in [-0.15, -0.1) is 10.2 Å². The number of amides is 1. The lowest BCUT2D eigenvalue weighted by molar-refractivity contribution is -0.142. The quantitative estimate of drug-likeness (QED) is 0.855. The number of nitrogens with zero attached hydrogens (tertiary/aromatic N) is 3. The first-order valence-electron chi connectivity index (χ1n) is 8.91. The Bertz CT molecular complexity index is 743. The van der Waals surface area contributed by atoms with Crippen molar-refractivity contribution in [3.05, 3.63) is 47.7 Å². The van der Waals surface area contributed by atoms with Crippen molar-refractivity contribution in [3.8, 4) is 0 Å². The Labute approximate surface area is 147 Å². The number of ether oxygens (including phenoxy) is 1. The van der Waals surface area contributed by atoms with E-state index < -0.39 is 0 Å². The highest BCUT2D eigenvalue weighted by Crippen LogP contribution is 2.49. The number of rotatable bonds is 4. The molecule has 1 saturated carbocycles. The van der Waals surface area contributed by atoms with E-state index in [1.807, 2.05) is 36.9 Å². The summed E-state index contributed by atoms with van der Waals surface area (Å²) in [5.41, 5.74) is 1.24. The van der Waals surface area contributed by atoms with Crippen LogP contribution in [0, 0.1) is 5.92 Å². The van der Waals surface area contributed by atoms with Crippen LogP contribution in [0.5, 0.6) is 0 Å². The lowest BCUT2D eigenvalue weighted by Gasteiger charge is -2.33. The molecule has 0 spiro atoms. The third-order valence-corrected chi connectivity index (χ3v) is 4.98. The summed E-state index contributed by atoms with van der Waals surface area (Å²) in [4.78, 5) is 14.9. The third-order valence-electron chi connectivity index (χ3n) is 4.98. The van der Waals surface area contributed by atoms with Crippen molar-refractivity contribution in [2.45, 2.75) is 38.1 Å². The van der Waals surface area contributed by atoms with Crippen molar-refractivity contribution in [1.82, 2.24) is 15.1 Å². The number of hydrogen-bond acceptors (Lipinski definition) is 5. The highest BCUT2D eigenvalue weighted by molar-refractivity contribution is 5.83. The van der Waals surface area contributed by atoms with Crippen LogP contribution in [0.3, 0.4) is 0 Å². The number of hydrogen-bond donors (Lipinski definition) is 0. The van der Waals surface area contributed by atoms with Crippen LogP contribution in [0.15, 0.2) is 34.7 Å². The Morgan fingerprint density at radius 2 is 2.04 bits per heavy atom. The fraction of sp³-hybridized carbons (Fsp3) is 0.526. The molecule has 6 heteroatoms. The minimum atomic E-state index is -0.279. The van der Waals surface area contributed by atoms with Crippen LogP contribution in [-0.4, -0.2) is 40.8 Å². The molecule has 2 aromatic rings. The van der Waals surface area contributed by atoms with Gasteiger partial charge in [-0.05, 0) is 17.9 Å². The van der Waals surface area contributed by atoms with Crippen LogP contribution in [0.4, 0.5) is 0 Å². The molecule has 1 amide bonds. The van der Waals surface area contributed by atoms with Gasteiger partial charge in [-0.1, -0.05) is 44.2 Å². The summed E-state index contributed by atoms with van der Waals surface area (Å²) in [6.07, 6.45) is 0.911. The smallest absolute Gasteiger partial charge is 0.241 e. The van der Waals surface area contributed by atoms with Crippen molar-refractivity contribution in [2.75, 3.05) is 19.8 Å². The first kappa shape index (κ1) is 16.3. The molecular formula is C19H23N3O3. The Balaban J connectivity index is 1.50. The van der Waals surface area contributed by atoms with Crippen molar-refractivity contribution in [1.29, 1.82) is 0 Å². The lowest BCUT2D eigenvalue weighted by Crippen LogP contribution is -2.44. The van der Waals surface area contributed by atoms with Gasteiger partial charge in [0.1, 0.15) is 6.04 Å². The van der Waals surface area contributed by atoms with Crippen molar-refractivity contribution in [2.24, 2.45) is 5.92 Å². The Kier molecular flexibility index (Phi) is 4.29. The minimum absolute atomic E-state index is 0.0514. The van der Waals surface area contributed by atoms with E-state index in [0.717, 1.165) is 6.42 Å². The summed E-state index contributed by atoms with van der Waals surface area (Å²) in [5, 5.41) is 8.26. The molecule has 1 saturated heterocycles. The van der Waals surface area contributed by atoms with E-state index in [9.17, 15) is 4.79 Å². The molecule has 0 unspecified atom stereocenters. The van der Waals surface area contributed by atoms with Gasteiger partial charge in [0, 0.05) is 18.4 Å². The van der Waals surface area contributed by atoms with Crippen LogP contribution in [0.1, 0.15) is 55.5 Å². The number of aromatic nitrogens is 2. The standard InChI is InChI=1S/C19H23N3O3/c1-12(2)17-20-21-18(25-17)16-11-24-9-8-22(16)19(23)15-10-14(15)13-6-4-3-5-7-13/h3-7,12,14-16H,8-11H2,1-2H3/t14-,15-,16-/m0/s1. The molecule has 3 atom stereocenters. The second kappa shape index (κ2) is 6.59.